The zero-order valence-corrected chi connectivity index (χ0v) is 17.8. The molecule has 1 aromatic heterocycles. The summed E-state index contributed by atoms with van der Waals surface area (Å²) in [5.74, 6) is 0.766. The number of hydrogen-bond acceptors (Lipinski definition) is 5. The molecule has 2 fully saturated rings. The van der Waals surface area contributed by atoms with Crippen molar-refractivity contribution in [3.05, 3.63) is 59.3 Å². The lowest BCUT2D eigenvalue weighted by Gasteiger charge is -2.35. The van der Waals surface area contributed by atoms with Crippen LogP contribution in [0.5, 0.6) is 0 Å². The lowest BCUT2D eigenvalue weighted by atomic mass is 10.0. The molecular formula is C24H32N4O2. The zero-order valence-electron chi connectivity index (χ0n) is 17.8. The van der Waals surface area contributed by atoms with Gasteiger partial charge in [0.15, 0.2) is 0 Å². The van der Waals surface area contributed by atoms with Crippen molar-refractivity contribution in [1.29, 1.82) is 0 Å². The van der Waals surface area contributed by atoms with E-state index in [1.165, 1.54) is 17.5 Å². The molecule has 2 aliphatic heterocycles. The standard InChI is InChI=1S/C24H32N4O2/c1-19-7-9-20(10-8-19)22(27-14-16-30-17-15-27)18-26-23-21(6-5-11-25-23)24(29)28-12-3-2-4-13-28/h5-11,22H,2-4,12-18H2,1H3,(H,25,26). The van der Waals surface area contributed by atoms with Crippen molar-refractivity contribution < 1.29 is 9.53 Å². The number of likely N-dealkylation sites (tertiary alicyclic amines) is 1. The number of nitrogens with zero attached hydrogens (tertiary/aromatic N) is 3. The molecule has 4 rings (SSSR count). The monoisotopic (exact) mass is 408 g/mol. The summed E-state index contributed by atoms with van der Waals surface area (Å²) in [6.45, 7) is 7.80. The summed E-state index contributed by atoms with van der Waals surface area (Å²) < 4.78 is 5.56. The highest BCUT2D eigenvalue weighted by Gasteiger charge is 2.25. The van der Waals surface area contributed by atoms with E-state index in [1.54, 1.807) is 6.20 Å². The van der Waals surface area contributed by atoms with Crippen LogP contribution < -0.4 is 5.32 Å². The minimum Gasteiger partial charge on any atom is -0.379 e. The number of anilines is 1. The smallest absolute Gasteiger partial charge is 0.257 e. The van der Waals surface area contributed by atoms with Crippen LogP contribution >= 0.6 is 0 Å². The number of pyridine rings is 1. The third kappa shape index (κ3) is 4.99. The number of benzene rings is 1. The number of nitrogens with one attached hydrogen (secondary N) is 1. The van der Waals surface area contributed by atoms with Crippen molar-refractivity contribution in [2.75, 3.05) is 51.3 Å². The molecule has 1 atom stereocenters. The Kier molecular flexibility index (Phi) is 6.97. The molecule has 0 bridgehead atoms. The first-order valence-corrected chi connectivity index (χ1v) is 11.1. The van der Waals surface area contributed by atoms with Gasteiger partial charge in [0.1, 0.15) is 5.82 Å². The fourth-order valence-electron chi connectivity index (χ4n) is 4.31. The van der Waals surface area contributed by atoms with E-state index in [0.717, 1.165) is 52.2 Å². The molecular weight excluding hydrogens is 376 g/mol. The SMILES string of the molecule is Cc1ccc(C(CNc2ncccc2C(=O)N2CCCCC2)N2CCOCC2)cc1. The molecule has 1 N–H and O–H groups in total. The van der Waals surface area contributed by atoms with E-state index in [0.29, 0.717) is 17.9 Å². The largest absolute Gasteiger partial charge is 0.379 e. The molecule has 0 radical (unpaired) electrons. The Bertz CT molecular complexity index is 827. The number of morpholine rings is 1. The summed E-state index contributed by atoms with van der Waals surface area (Å²) in [5.41, 5.74) is 3.20. The third-order valence-corrected chi connectivity index (χ3v) is 6.09. The van der Waals surface area contributed by atoms with E-state index in [-0.39, 0.29) is 11.9 Å². The molecule has 1 amide bonds. The van der Waals surface area contributed by atoms with E-state index in [1.807, 2.05) is 17.0 Å². The number of hydrogen-bond donors (Lipinski definition) is 1. The van der Waals surface area contributed by atoms with E-state index >= 15 is 0 Å². The Morgan fingerprint density at radius 3 is 2.53 bits per heavy atom. The van der Waals surface area contributed by atoms with Gasteiger partial charge in [-0.2, -0.15) is 0 Å². The molecule has 6 heteroatoms. The molecule has 2 saturated heterocycles. The minimum absolute atomic E-state index is 0.0866. The van der Waals surface area contributed by atoms with Crippen LogP contribution in [0.1, 0.15) is 46.8 Å². The fraction of sp³-hybridized carbons (Fsp3) is 0.500. The lowest BCUT2D eigenvalue weighted by molar-refractivity contribution is 0.0187. The van der Waals surface area contributed by atoms with Gasteiger partial charge in [-0.1, -0.05) is 29.8 Å². The number of amides is 1. The highest BCUT2D eigenvalue weighted by Crippen LogP contribution is 2.24. The molecule has 2 aromatic rings. The predicted octanol–water partition coefficient (Wildman–Crippen LogP) is 3.50. The summed E-state index contributed by atoms with van der Waals surface area (Å²) in [6, 6.07) is 12.7. The average molecular weight is 409 g/mol. The quantitative estimate of drug-likeness (QED) is 0.793. The average Bonchev–Trinajstić information content (AvgIpc) is 2.81. The number of ether oxygens (including phenoxy) is 1. The second-order valence-electron chi connectivity index (χ2n) is 8.21. The number of aromatic nitrogens is 1. The van der Waals surface area contributed by atoms with Crippen molar-refractivity contribution in [3.63, 3.8) is 0 Å². The maximum Gasteiger partial charge on any atom is 0.257 e. The lowest BCUT2D eigenvalue weighted by Crippen LogP contribution is -2.41. The van der Waals surface area contributed by atoms with Crippen molar-refractivity contribution in [1.82, 2.24) is 14.8 Å². The van der Waals surface area contributed by atoms with E-state index in [2.05, 4.69) is 46.4 Å². The van der Waals surface area contributed by atoms with Crippen molar-refractivity contribution in [2.24, 2.45) is 0 Å². The van der Waals surface area contributed by atoms with Gasteiger partial charge in [-0.15, -0.1) is 0 Å². The second-order valence-corrected chi connectivity index (χ2v) is 8.21. The summed E-state index contributed by atoms with van der Waals surface area (Å²) >= 11 is 0. The first-order chi connectivity index (χ1) is 14.7. The van der Waals surface area contributed by atoms with Crippen LogP contribution in [-0.4, -0.2) is 66.6 Å². The third-order valence-electron chi connectivity index (χ3n) is 6.09. The molecule has 2 aliphatic rings. The van der Waals surface area contributed by atoms with Crippen LogP contribution in [0.4, 0.5) is 5.82 Å². The topological polar surface area (TPSA) is 57.7 Å². The van der Waals surface area contributed by atoms with Gasteiger partial charge in [-0.3, -0.25) is 9.69 Å². The zero-order chi connectivity index (χ0) is 20.8. The Morgan fingerprint density at radius 2 is 1.80 bits per heavy atom. The fourth-order valence-corrected chi connectivity index (χ4v) is 4.31. The van der Waals surface area contributed by atoms with Gasteiger partial charge in [-0.05, 0) is 43.9 Å². The van der Waals surface area contributed by atoms with Crippen LogP contribution in [0.2, 0.25) is 0 Å². The van der Waals surface area contributed by atoms with Crippen LogP contribution in [0.15, 0.2) is 42.6 Å². The van der Waals surface area contributed by atoms with Gasteiger partial charge >= 0.3 is 0 Å². The van der Waals surface area contributed by atoms with E-state index in [4.69, 9.17) is 4.74 Å². The first kappa shape index (κ1) is 20.8. The van der Waals surface area contributed by atoms with Crippen molar-refractivity contribution >= 4 is 11.7 Å². The van der Waals surface area contributed by atoms with Crippen molar-refractivity contribution in [3.8, 4) is 0 Å². The molecule has 0 spiro atoms. The van der Waals surface area contributed by atoms with Gasteiger partial charge in [0.05, 0.1) is 24.8 Å². The van der Waals surface area contributed by atoms with Crippen LogP contribution in [0.3, 0.4) is 0 Å². The highest BCUT2D eigenvalue weighted by atomic mass is 16.5. The van der Waals surface area contributed by atoms with Crippen molar-refractivity contribution in [2.45, 2.75) is 32.2 Å². The van der Waals surface area contributed by atoms with Gasteiger partial charge in [-0.25, -0.2) is 4.98 Å². The van der Waals surface area contributed by atoms with Crippen LogP contribution in [0, 0.1) is 6.92 Å². The van der Waals surface area contributed by atoms with Gasteiger partial charge in [0.25, 0.3) is 5.91 Å². The number of carbonyl (C=O) groups excluding carboxylic acids is 1. The Balaban J connectivity index is 1.52. The van der Waals surface area contributed by atoms with Gasteiger partial charge in [0, 0.05) is 38.9 Å². The summed E-state index contributed by atoms with van der Waals surface area (Å²) in [6.07, 6.45) is 5.13. The minimum atomic E-state index is 0.0866. The molecule has 6 nitrogen and oxygen atoms in total. The summed E-state index contributed by atoms with van der Waals surface area (Å²) in [7, 11) is 0. The second kappa shape index (κ2) is 10.0. The molecule has 0 saturated carbocycles. The number of carbonyl (C=O) groups is 1. The van der Waals surface area contributed by atoms with Gasteiger partial charge < -0.3 is 15.0 Å². The summed E-state index contributed by atoms with van der Waals surface area (Å²) in [4.78, 5) is 22.0. The van der Waals surface area contributed by atoms with E-state index in [9.17, 15) is 4.79 Å². The maximum absolute atomic E-state index is 13.1. The first-order valence-electron chi connectivity index (χ1n) is 11.1. The highest BCUT2D eigenvalue weighted by molar-refractivity contribution is 5.98. The molecule has 0 aliphatic carbocycles. The molecule has 3 heterocycles. The summed E-state index contributed by atoms with van der Waals surface area (Å²) in [5, 5.41) is 3.50. The Morgan fingerprint density at radius 1 is 1.07 bits per heavy atom. The normalized spacial score (nSPS) is 18.8. The molecule has 1 aromatic carbocycles. The molecule has 160 valence electrons. The molecule has 30 heavy (non-hydrogen) atoms. The van der Waals surface area contributed by atoms with Crippen LogP contribution in [-0.2, 0) is 4.74 Å². The van der Waals surface area contributed by atoms with Gasteiger partial charge in [0.2, 0.25) is 0 Å². The van der Waals surface area contributed by atoms with Crippen LogP contribution in [0.25, 0.3) is 0 Å². The maximum atomic E-state index is 13.1. The number of piperidine rings is 1. The molecule has 1 unspecified atom stereocenters. The van der Waals surface area contributed by atoms with E-state index < -0.39 is 0 Å². The Hall–Kier alpha value is -2.44. The number of rotatable bonds is 6. The number of aryl methyl sites for hydroxylation is 1. The predicted molar refractivity (Wildman–Crippen MR) is 119 cm³/mol. The Labute approximate surface area is 179 Å².